The third kappa shape index (κ3) is 5.79. The molecule has 2 saturated heterocycles. The molecule has 1 N–H and O–H groups in total. The van der Waals surface area contributed by atoms with Gasteiger partial charge in [0, 0.05) is 25.7 Å². The van der Waals surface area contributed by atoms with Gasteiger partial charge in [-0.15, -0.1) is 0 Å². The topological polar surface area (TPSA) is 113 Å². The van der Waals surface area contributed by atoms with E-state index >= 15 is 0 Å². The van der Waals surface area contributed by atoms with Crippen LogP contribution in [0.3, 0.4) is 0 Å². The number of aliphatic hydroxyl groups excluding tert-OH is 1. The molecule has 2 heterocycles. The Bertz CT molecular complexity index is 783. The monoisotopic (exact) mass is 443 g/mol. The molecule has 0 spiro atoms. The third-order valence-corrected chi connectivity index (χ3v) is 7.15. The highest BCUT2D eigenvalue weighted by atomic mass is 32.3. The summed E-state index contributed by atoms with van der Waals surface area (Å²) in [5.74, 6) is -0.856. The van der Waals surface area contributed by atoms with E-state index in [0.717, 1.165) is 30.0 Å². The quantitative estimate of drug-likeness (QED) is 0.309. The van der Waals surface area contributed by atoms with E-state index in [9.17, 15) is 22.9 Å². The number of rotatable bonds is 6. The van der Waals surface area contributed by atoms with Gasteiger partial charge in [0.15, 0.2) is 0 Å². The van der Waals surface area contributed by atoms with Crippen molar-refractivity contribution in [2.45, 2.75) is 69.7 Å². The van der Waals surface area contributed by atoms with Gasteiger partial charge in [-0.05, 0) is 19.4 Å². The number of fused-ring (bicyclic) bond motifs is 2. The van der Waals surface area contributed by atoms with Crippen LogP contribution in [-0.4, -0.2) is 73.5 Å². The summed E-state index contributed by atoms with van der Waals surface area (Å²) in [6, 6.07) is 11.2. The van der Waals surface area contributed by atoms with Gasteiger partial charge in [0.1, 0.15) is 12.0 Å². The number of ether oxygens (including phenoxy) is 1. The number of hydrogen-bond donors (Lipinski definition) is 1. The second-order valence-electron chi connectivity index (χ2n) is 8.45. The highest BCUT2D eigenvalue weighted by Gasteiger charge is 2.53. The van der Waals surface area contributed by atoms with Crippen molar-refractivity contribution in [2.75, 3.05) is 20.8 Å². The number of aliphatic hydroxyl groups is 1. The average Bonchev–Trinajstić information content (AvgIpc) is 2.87. The first-order valence-corrected chi connectivity index (χ1v) is 11.6. The number of hydrogen-bond acceptors (Lipinski definition) is 7. The van der Waals surface area contributed by atoms with Crippen molar-refractivity contribution in [3.63, 3.8) is 0 Å². The van der Waals surface area contributed by atoms with Crippen LogP contribution in [-0.2, 0) is 24.1 Å². The van der Waals surface area contributed by atoms with Crippen molar-refractivity contribution >= 4 is 16.4 Å². The number of quaternary nitrogens is 1. The number of nitrogens with zero attached hydrogens (tertiary/aromatic N) is 1. The van der Waals surface area contributed by atoms with Crippen molar-refractivity contribution < 1.29 is 36.3 Å². The van der Waals surface area contributed by atoms with Crippen LogP contribution in [0, 0.1) is 0 Å². The average molecular weight is 444 g/mol. The van der Waals surface area contributed by atoms with Gasteiger partial charge in [-0.2, -0.15) is 0 Å². The van der Waals surface area contributed by atoms with Crippen molar-refractivity contribution in [3.05, 3.63) is 35.9 Å². The lowest BCUT2D eigenvalue weighted by molar-refractivity contribution is -0.968. The molecule has 2 aliphatic rings. The molecule has 3 rings (SSSR count). The van der Waals surface area contributed by atoms with Crippen LogP contribution in [0.5, 0.6) is 0 Å². The van der Waals surface area contributed by atoms with Gasteiger partial charge in [-0.25, -0.2) is 8.42 Å². The summed E-state index contributed by atoms with van der Waals surface area (Å²) in [5, 5.41) is 9.65. The van der Waals surface area contributed by atoms with E-state index in [2.05, 4.69) is 25.1 Å². The molecule has 0 aliphatic carbocycles. The van der Waals surface area contributed by atoms with Gasteiger partial charge in [-0.1, -0.05) is 30.3 Å². The normalized spacial score (nSPS) is 29.1. The summed E-state index contributed by atoms with van der Waals surface area (Å²) in [5.41, 5.74) is 0.826. The minimum atomic E-state index is -4.41. The van der Waals surface area contributed by atoms with Crippen molar-refractivity contribution in [3.8, 4) is 0 Å². The highest BCUT2D eigenvalue weighted by molar-refractivity contribution is 7.80. The largest absolute Gasteiger partial charge is 0.726 e. The molecule has 1 aromatic carbocycles. The number of esters is 1. The predicted molar refractivity (Wildman–Crippen MR) is 110 cm³/mol. The summed E-state index contributed by atoms with van der Waals surface area (Å²) in [4.78, 5) is 12.6. The van der Waals surface area contributed by atoms with Gasteiger partial charge in [0.05, 0.1) is 38.9 Å². The lowest BCUT2D eigenvalue weighted by Gasteiger charge is -2.49. The smallest absolute Gasteiger partial charge is 0.316 e. The van der Waals surface area contributed by atoms with Gasteiger partial charge >= 0.3 is 5.97 Å². The Labute approximate surface area is 179 Å². The minimum Gasteiger partial charge on any atom is -0.726 e. The van der Waals surface area contributed by atoms with E-state index in [1.807, 2.05) is 30.3 Å². The van der Waals surface area contributed by atoms with E-state index in [1.54, 1.807) is 0 Å². The summed E-state index contributed by atoms with van der Waals surface area (Å²) in [6.07, 6.45) is 4.36. The minimum absolute atomic E-state index is 0.00212. The van der Waals surface area contributed by atoms with E-state index in [1.165, 1.54) is 12.8 Å². The first-order chi connectivity index (χ1) is 14.0. The van der Waals surface area contributed by atoms with E-state index in [-0.39, 0.29) is 18.7 Å². The fourth-order valence-corrected chi connectivity index (χ4v) is 4.82. The molecule has 0 radical (unpaired) electrons. The molecule has 30 heavy (non-hydrogen) atoms. The van der Waals surface area contributed by atoms with Crippen LogP contribution in [0.2, 0.25) is 0 Å². The SMILES string of the molecule is CC(C)[N+]1(C)[C@@H]2CC[C@H]1CC(OC(=O)C(CO)c1ccccc1)C2.COS(=O)(=O)[O-]. The van der Waals surface area contributed by atoms with Crippen molar-refractivity contribution in [2.24, 2.45) is 0 Å². The molecule has 8 nitrogen and oxygen atoms in total. The zero-order valence-corrected chi connectivity index (χ0v) is 18.9. The van der Waals surface area contributed by atoms with Crippen LogP contribution in [0.25, 0.3) is 0 Å². The van der Waals surface area contributed by atoms with Crippen molar-refractivity contribution in [1.29, 1.82) is 0 Å². The Hall–Kier alpha value is -1.52. The Morgan fingerprint density at radius 2 is 1.70 bits per heavy atom. The Balaban J connectivity index is 0.000000469. The number of benzene rings is 1. The van der Waals surface area contributed by atoms with Gasteiger partial charge in [0.2, 0.25) is 10.4 Å². The summed E-state index contributed by atoms with van der Waals surface area (Å²) < 4.78 is 38.0. The molecule has 2 bridgehead atoms. The van der Waals surface area contributed by atoms with Crippen LogP contribution >= 0.6 is 0 Å². The number of piperidine rings is 1. The molecule has 2 aliphatic heterocycles. The lowest BCUT2D eigenvalue weighted by Crippen LogP contribution is -2.62. The molecule has 2 fully saturated rings. The molecule has 5 atom stereocenters. The third-order valence-electron chi connectivity index (χ3n) is 6.75. The fourth-order valence-electron chi connectivity index (χ4n) is 4.82. The Kier molecular flexibility index (Phi) is 8.41. The van der Waals surface area contributed by atoms with Crippen LogP contribution in [0.15, 0.2) is 30.3 Å². The van der Waals surface area contributed by atoms with Gasteiger partial charge < -0.3 is 18.9 Å². The molecular weight excluding hydrogens is 410 g/mol. The molecule has 170 valence electrons. The lowest BCUT2D eigenvalue weighted by atomic mass is 9.94. The van der Waals surface area contributed by atoms with Gasteiger partial charge in [-0.3, -0.25) is 8.98 Å². The Morgan fingerprint density at radius 1 is 1.20 bits per heavy atom. The molecule has 0 saturated carbocycles. The maximum atomic E-state index is 12.6. The van der Waals surface area contributed by atoms with E-state index in [4.69, 9.17) is 4.74 Å². The summed E-state index contributed by atoms with van der Waals surface area (Å²) in [6.45, 7) is 4.39. The zero-order chi connectivity index (χ0) is 22.5. The molecule has 0 aromatic heterocycles. The summed E-state index contributed by atoms with van der Waals surface area (Å²) in [7, 11) is -1.24. The maximum absolute atomic E-state index is 12.6. The van der Waals surface area contributed by atoms with Gasteiger partial charge in [0.25, 0.3) is 0 Å². The number of carbonyl (C=O) groups excluding carboxylic acids is 1. The molecule has 1 aromatic rings. The molecule has 3 unspecified atom stereocenters. The van der Waals surface area contributed by atoms with Crippen LogP contribution in [0.1, 0.15) is 51.0 Å². The number of carbonyl (C=O) groups is 1. The maximum Gasteiger partial charge on any atom is 0.316 e. The standard InChI is InChI=1S/C20H30NO3.CH4O4S/c1-14(2)21(3)16-9-10-17(21)12-18(11-16)24-20(23)19(13-22)15-7-5-4-6-8-15;1-5-6(2,3)4/h4-8,14,16-19,22H,9-13H2,1-3H3;1H3,(H,2,3,4)/q+1;/p-1/t16-,17+,18?,19?,21?;. The van der Waals surface area contributed by atoms with E-state index < -0.39 is 16.3 Å². The molecule has 0 amide bonds. The second kappa shape index (κ2) is 10.2. The van der Waals surface area contributed by atoms with Crippen LogP contribution in [0.4, 0.5) is 0 Å². The Morgan fingerprint density at radius 3 is 2.10 bits per heavy atom. The van der Waals surface area contributed by atoms with E-state index in [0.29, 0.717) is 18.1 Å². The zero-order valence-electron chi connectivity index (χ0n) is 18.1. The molecule has 9 heteroatoms. The second-order valence-corrected chi connectivity index (χ2v) is 9.60. The summed E-state index contributed by atoms with van der Waals surface area (Å²) >= 11 is 0. The first-order valence-electron chi connectivity index (χ1n) is 10.3. The van der Waals surface area contributed by atoms with Crippen LogP contribution < -0.4 is 0 Å². The fraction of sp³-hybridized carbons (Fsp3) is 0.667. The van der Waals surface area contributed by atoms with Crippen molar-refractivity contribution in [1.82, 2.24) is 0 Å². The first kappa shape index (κ1) is 24.7. The predicted octanol–water partition coefficient (Wildman–Crippen LogP) is 1.95. The molecular formula is C21H33NO7S. The highest BCUT2D eigenvalue weighted by Crippen LogP contribution is 2.44.